The van der Waals surface area contributed by atoms with Gasteiger partial charge in [0.05, 0.1) is 0 Å². The number of benzene rings is 1. The van der Waals surface area contributed by atoms with Gasteiger partial charge in [-0.05, 0) is 24.6 Å². The van der Waals surface area contributed by atoms with Crippen molar-refractivity contribution in [3.8, 4) is 0 Å². The van der Waals surface area contributed by atoms with Gasteiger partial charge in [-0.15, -0.1) is 0 Å². The van der Waals surface area contributed by atoms with Crippen LogP contribution in [0.25, 0.3) is 0 Å². The van der Waals surface area contributed by atoms with Crippen LogP contribution < -0.4 is 11.3 Å². The summed E-state index contributed by atoms with van der Waals surface area (Å²) in [5.74, 6) is -0.619. The second-order valence-electron chi connectivity index (χ2n) is 4.31. The SMILES string of the molecule is CCn1nc(C(=O)OCc2ccc(Br)cc2)cc(N)c1=O. The number of carbonyl (C=O) groups is 1. The molecule has 110 valence electrons. The molecule has 0 fully saturated rings. The van der Waals surface area contributed by atoms with E-state index in [0.717, 1.165) is 14.7 Å². The van der Waals surface area contributed by atoms with Crippen LogP contribution in [-0.4, -0.2) is 15.7 Å². The van der Waals surface area contributed by atoms with Gasteiger partial charge < -0.3 is 10.5 Å². The van der Waals surface area contributed by atoms with Crippen molar-refractivity contribution in [3.63, 3.8) is 0 Å². The lowest BCUT2D eigenvalue weighted by Crippen LogP contribution is -2.27. The van der Waals surface area contributed by atoms with Crippen LogP contribution in [0.1, 0.15) is 23.0 Å². The summed E-state index contributed by atoms with van der Waals surface area (Å²) in [4.78, 5) is 23.6. The van der Waals surface area contributed by atoms with Crippen LogP contribution in [0.5, 0.6) is 0 Å². The molecule has 2 aromatic rings. The molecule has 0 unspecified atom stereocenters. The van der Waals surface area contributed by atoms with Gasteiger partial charge in [-0.3, -0.25) is 4.79 Å². The molecule has 0 radical (unpaired) electrons. The minimum absolute atomic E-state index is 0.0195. The molecule has 0 saturated carbocycles. The van der Waals surface area contributed by atoms with Gasteiger partial charge in [0.25, 0.3) is 5.56 Å². The van der Waals surface area contributed by atoms with E-state index in [1.807, 2.05) is 24.3 Å². The van der Waals surface area contributed by atoms with Crippen LogP contribution in [0.2, 0.25) is 0 Å². The Morgan fingerprint density at radius 2 is 2.05 bits per heavy atom. The molecular formula is C14H14BrN3O3. The first-order chi connectivity index (χ1) is 10.0. The summed E-state index contributed by atoms with van der Waals surface area (Å²) in [5.41, 5.74) is 6.00. The monoisotopic (exact) mass is 351 g/mol. The fourth-order valence-corrected chi connectivity index (χ4v) is 1.94. The number of aryl methyl sites for hydroxylation is 1. The van der Waals surface area contributed by atoms with Crippen LogP contribution in [0.4, 0.5) is 5.69 Å². The lowest BCUT2D eigenvalue weighted by atomic mass is 10.2. The fourth-order valence-electron chi connectivity index (χ4n) is 1.68. The van der Waals surface area contributed by atoms with Crippen molar-refractivity contribution in [3.05, 3.63) is 56.4 Å². The Kier molecular flexibility index (Phi) is 4.74. The Morgan fingerprint density at radius 1 is 1.38 bits per heavy atom. The predicted molar refractivity (Wildman–Crippen MR) is 81.8 cm³/mol. The molecule has 0 aliphatic carbocycles. The molecule has 1 aromatic carbocycles. The lowest BCUT2D eigenvalue weighted by Gasteiger charge is -2.07. The molecule has 0 amide bonds. The van der Waals surface area contributed by atoms with Crippen molar-refractivity contribution < 1.29 is 9.53 Å². The minimum Gasteiger partial charge on any atom is -0.456 e. The average Bonchev–Trinajstić information content (AvgIpc) is 2.49. The average molecular weight is 352 g/mol. The molecule has 0 bridgehead atoms. The molecule has 0 saturated heterocycles. The smallest absolute Gasteiger partial charge is 0.359 e. The van der Waals surface area contributed by atoms with Gasteiger partial charge in [0.1, 0.15) is 12.3 Å². The molecule has 21 heavy (non-hydrogen) atoms. The third-order valence-electron chi connectivity index (χ3n) is 2.79. The van der Waals surface area contributed by atoms with E-state index < -0.39 is 11.5 Å². The third-order valence-corrected chi connectivity index (χ3v) is 3.32. The van der Waals surface area contributed by atoms with E-state index in [2.05, 4.69) is 21.0 Å². The topological polar surface area (TPSA) is 87.2 Å². The molecule has 7 heteroatoms. The van der Waals surface area contributed by atoms with E-state index in [1.165, 1.54) is 6.07 Å². The Hall–Kier alpha value is -2.15. The molecule has 0 aliphatic heterocycles. The second kappa shape index (κ2) is 6.53. The van der Waals surface area contributed by atoms with Crippen LogP contribution >= 0.6 is 15.9 Å². The van der Waals surface area contributed by atoms with Crippen molar-refractivity contribution in [1.29, 1.82) is 0 Å². The van der Waals surface area contributed by atoms with Crippen LogP contribution in [0, 0.1) is 0 Å². The summed E-state index contributed by atoms with van der Waals surface area (Å²) in [6, 6.07) is 8.63. The molecule has 0 spiro atoms. The molecule has 1 heterocycles. The maximum absolute atomic E-state index is 12.0. The quantitative estimate of drug-likeness (QED) is 0.850. The lowest BCUT2D eigenvalue weighted by molar-refractivity contribution is 0.0462. The van der Waals surface area contributed by atoms with E-state index in [9.17, 15) is 9.59 Å². The Bertz CT molecular complexity index is 710. The number of aromatic nitrogens is 2. The predicted octanol–water partition coefficient (Wildman–Crippen LogP) is 1.96. The molecule has 2 rings (SSSR count). The zero-order chi connectivity index (χ0) is 15.4. The zero-order valence-corrected chi connectivity index (χ0v) is 13.0. The van der Waals surface area contributed by atoms with Crippen LogP contribution in [-0.2, 0) is 17.9 Å². The van der Waals surface area contributed by atoms with E-state index in [-0.39, 0.29) is 18.0 Å². The number of carbonyl (C=O) groups excluding carboxylic acids is 1. The van der Waals surface area contributed by atoms with Crippen LogP contribution in [0.3, 0.4) is 0 Å². The van der Waals surface area contributed by atoms with Crippen molar-refractivity contribution >= 4 is 27.6 Å². The molecule has 2 N–H and O–H groups in total. The minimum atomic E-state index is -0.619. The summed E-state index contributed by atoms with van der Waals surface area (Å²) in [7, 11) is 0. The number of hydrogen-bond acceptors (Lipinski definition) is 5. The Labute approximate surface area is 129 Å². The summed E-state index contributed by atoms with van der Waals surface area (Å²) in [6.45, 7) is 2.20. The maximum Gasteiger partial charge on any atom is 0.359 e. The first-order valence-corrected chi connectivity index (χ1v) is 7.09. The van der Waals surface area contributed by atoms with Gasteiger partial charge in [0.15, 0.2) is 5.69 Å². The van der Waals surface area contributed by atoms with Crippen LogP contribution in [0.15, 0.2) is 39.6 Å². The van der Waals surface area contributed by atoms with Gasteiger partial charge in [-0.2, -0.15) is 5.10 Å². The van der Waals surface area contributed by atoms with Crippen molar-refractivity contribution in [2.24, 2.45) is 0 Å². The number of nitrogens with two attached hydrogens (primary N) is 1. The summed E-state index contributed by atoms with van der Waals surface area (Å²) in [5, 5.41) is 3.92. The first kappa shape index (κ1) is 15.2. The highest BCUT2D eigenvalue weighted by Crippen LogP contribution is 2.12. The number of ether oxygens (including phenoxy) is 1. The molecular weight excluding hydrogens is 338 g/mol. The number of rotatable bonds is 4. The highest BCUT2D eigenvalue weighted by Gasteiger charge is 2.13. The van der Waals surface area contributed by atoms with E-state index in [0.29, 0.717) is 6.54 Å². The van der Waals surface area contributed by atoms with E-state index in [4.69, 9.17) is 10.5 Å². The summed E-state index contributed by atoms with van der Waals surface area (Å²) < 4.78 is 7.24. The van der Waals surface area contributed by atoms with Crippen molar-refractivity contribution in [2.75, 3.05) is 5.73 Å². The number of hydrogen-bond donors (Lipinski definition) is 1. The highest BCUT2D eigenvalue weighted by molar-refractivity contribution is 9.10. The van der Waals surface area contributed by atoms with E-state index >= 15 is 0 Å². The van der Waals surface area contributed by atoms with Gasteiger partial charge >= 0.3 is 5.97 Å². The highest BCUT2D eigenvalue weighted by atomic mass is 79.9. The third kappa shape index (κ3) is 3.69. The van der Waals surface area contributed by atoms with Crippen molar-refractivity contribution in [2.45, 2.75) is 20.1 Å². The maximum atomic E-state index is 12.0. The summed E-state index contributed by atoms with van der Waals surface area (Å²) >= 11 is 3.33. The number of halogens is 1. The molecule has 0 aliphatic rings. The summed E-state index contributed by atoms with van der Waals surface area (Å²) in [6.07, 6.45) is 0. The fraction of sp³-hybridized carbons (Fsp3) is 0.214. The largest absolute Gasteiger partial charge is 0.456 e. The number of esters is 1. The zero-order valence-electron chi connectivity index (χ0n) is 11.4. The number of nitrogens with zero attached hydrogens (tertiary/aromatic N) is 2. The number of anilines is 1. The Morgan fingerprint density at radius 3 is 2.67 bits per heavy atom. The molecule has 6 nitrogen and oxygen atoms in total. The van der Waals surface area contributed by atoms with Gasteiger partial charge in [0.2, 0.25) is 0 Å². The van der Waals surface area contributed by atoms with E-state index in [1.54, 1.807) is 6.92 Å². The van der Waals surface area contributed by atoms with Gasteiger partial charge in [-0.25, -0.2) is 9.48 Å². The van der Waals surface area contributed by atoms with Gasteiger partial charge in [0, 0.05) is 17.1 Å². The second-order valence-corrected chi connectivity index (χ2v) is 5.22. The normalized spacial score (nSPS) is 10.4. The first-order valence-electron chi connectivity index (χ1n) is 6.30. The van der Waals surface area contributed by atoms with Gasteiger partial charge in [-0.1, -0.05) is 28.1 Å². The molecule has 0 atom stereocenters. The number of nitrogen functional groups attached to an aromatic ring is 1. The van der Waals surface area contributed by atoms with Crippen molar-refractivity contribution in [1.82, 2.24) is 9.78 Å². The molecule has 1 aromatic heterocycles. The standard InChI is InChI=1S/C14H14BrN3O3/c1-2-18-13(19)11(16)7-12(17-18)14(20)21-8-9-3-5-10(15)6-4-9/h3-7H,2,8,16H2,1H3. The Balaban J connectivity index is 2.12.